The molecule has 0 radical (unpaired) electrons. The highest BCUT2D eigenvalue weighted by molar-refractivity contribution is 9.10. The summed E-state index contributed by atoms with van der Waals surface area (Å²) in [5, 5.41) is 1.19. The van der Waals surface area contributed by atoms with Gasteiger partial charge in [0, 0.05) is 27.2 Å². The smallest absolute Gasteiger partial charge is 0.0655 e. The summed E-state index contributed by atoms with van der Waals surface area (Å²) >= 11 is 15.2. The van der Waals surface area contributed by atoms with Crippen LogP contribution in [0, 0.1) is 0 Å². The lowest BCUT2D eigenvalue weighted by Crippen LogP contribution is -1.84. The molecule has 1 nitrogen and oxygen atoms in total. The van der Waals surface area contributed by atoms with Crippen molar-refractivity contribution in [2.45, 2.75) is 6.42 Å². The van der Waals surface area contributed by atoms with Crippen LogP contribution < -0.4 is 0 Å². The number of halogens is 3. The van der Waals surface area contributed by atoms with Crippen molar-refractivity contribution < 1.29 is 0 Å². The van der Waals surface area contributed by atoms with Crippen LogP contribution in [0.15, 0.2) is 51.9 Å². The van der Waals surface area contributed by atoms with E-state index in [0.717, 1.165) is 16.6 Å². The van der Waals surface area contributed by atoms with Gasteiger partial charge in [-0.05, 0) is 35.9 Å². The molecule has 0 saturated heterocycles. The first-order valence-corrected chi connectivity index (χ1v) is 6.91. The summed E-state index contributed by atoms with van der Waals surface area (Å²) in [7, 11) is 0. The van der Waals surface area contributed by atoms with E-state index in [0.29, 0.717) is 10.0 Å². The molecule has 2 aromatic carbocycles. The zero-order chi connectivity index (χ0) is 13.0. The van der Waals surface area contributed by atoms with E-state index in [9.17, 15) is 0 Å². The van der Waals surface area contributed by atoms with Crippen molar-refractivity contribution in [3.8, 4) is 0 Å². The fraction of sp³-hybridized carbons (Fsp3) is 0.0714. The molecule has 0 aromatic heterocycles. The van der Waals surface area contributed by atoms with E-state index < -0.39 is 0 Å². The molecule has 18 heavy (non-hydrogen) atoms. The number of aliphatic imine (C=N–C) groups is 1. The Hall–Kier alpha value is -0.830. The summed E-state index contributed by atoms with van der Waals surface area (Å²) in [5.74, 6) is 0. The zero-order valence-corrected chi connectivity index (χ0v) is 12.5. The fourth-order valence-corrected chi connectivity index (χ4v) is 2.27. The monoisotopic (exact) mass is 341 g/mol. The number of hydrogen-bond acceptors (Lipinski definition) is 1. The molecule has 0 N–H and O–H groups in total. The van der Waals surface area contributed by atoms with Gasteiger partial charge in [0.1, 0.15) is 0 Å². The van der Waals surface area contributed by atoms with E-state index in [-0.39, 0.29) is 0 Å². The molecule has 0 aliphatic rings. The van der Waals surface area contributed by atoms with Crippen molar-refractivity contribution in [2.24, 2.45) is 4.99 Å². The Balaban J connectivity index is 2.05. The molecule has 0 spiro atoms. The standard InChI is InChI=1S/C14H10BrCl2N/c15-11-3-1-10(2-4-11)5-6-18-14-8-12(16)7-13(17)9-14/h1-4,6-9H,5H2. The van der Waals surface area contributed by atoms with Crippen molar-refractivity contribution in [3.63, 3.8) is 0 Å². The number of hydrogen-bond donors (Lipinski definition) is 0. The average Bonchev–Trinajstić information content (AvgIpc) is 2.30. The van der Waals surface area contributed by atoms with Crippen LogP contribution in [0.1, 0.15) is 5.56 Å². The van der Waals surface area contributed by atoms with E-state index in [1.54, 1.807) is 18.2 Å². The topological polar surface area (TPSA) is 12.4 Å². The summed E-state index contributed by atoms with van der Waals surface area (Å²) in [5.41, 5.74) is 1.97. The van der Waals surface area contributed by atoms with Crippen LogP contribution in [0.4, 0.5) is 5.69 Å². The van der Waals surface area contributed by atoms with Gasteiger partial charge in [-0.25, -0.2) is 0 Å². The summed E-state index contributed by atoms with van der Waals surface area (Å²) in [4.78, 5) is 4.34. The highest BCUT2D eigenvalue weighted by Crippen LogP contribution is 2.24. The predicted molar refractivity (Wildman–Crippen MR) is 82.5 cm³/mol. The minimum absolute atomic E-state index is 0.596. The van der Waals surface area contributed by atoms with Gasteiger partial charge in [0.2, 0.25) is 0 Å². The van der Waals surface area contributed by atoms with E-state index in [1.807, 2.05) is 18.3 Å². The third-order valence-electron chi connectivity index (χ3n) is 2.33. The maximum absolute atomic E-state index is 5.90. The van der Waals surface area contributed by atoms with E-state index in [1.165, 1.54) is 5.56 Å². The Morgan fingerprint density at radius 3 is 2.22 bits per heavy atom. The molecule has 4 heteroatoms. The Morgan fingerprint density at radius 1 is 1.00 bits per heavy atom. The van der Waals surface area contributed by atoms with Crippen LogP contribution in [0.2, 0.25) is 10.0 Å². The number of nitrogens with zero attached hydrogens (tertiary/aromatic N) is 1. The Bertz CT molecular complexity index is 544. The lowest BCUT2D eigenvalue weighted by atomic mass is 10.2. The van der Waals surface area contributed by atoms with Crippen molar-refractivity contribution in [2.75, 3.05) is 0 Å². The molecule has 0 bridgehead atoms. The van der Waals surface area contributed by atoms with Crippen molar-refractivity contribution in [1.82, 2.24) is 0 Å². The van der Waals surface area contributed by atoms with Crippen LogP contribution in [0.5, 0.6) is 0 Å². The SMILES string of the molecule is Clc1cc(Cl)cc(N=CCc2ccc(Br)cc2)c1. The third kappa shape index (κ3) is 4.13. The molecular formula is C14H10BrCl2N. The fourth-order valence-electron chi connectivity index (χ4n) is 1.49. The number of benzene rings is 2. The molecular weight excluding hydrogens is 333 g/mol. The molecule has 0 unspecified atom stereocenters. The molecule has 0 saturated carbocycles. The van der Waals surface area contributed by atoms with Gasteiger partial charge in [-0.2, -0.15) is 0 Å². The molecule has 2 rings (SSSR count). The van der Waals surface area contributed by atoms with Crippen LogP contribution in [-0.4, -0.2) is 6.21 Å². The van der Waals surface area contributed by atoms with Crippen LogP contribution in [-0.2, 0) is 6.42 Å². The van der Waals surface area contributed by atoms with Crippen molar-refractivity contribution in [3.05, 3.63) is 62.5 Å². The first-order valence-electron chi connectivity index (χ1n) is 5.36. The van der Waals surface area contributed by atoms with E-state index in [4.69, 9.17) is 23.2 Å². The Morgan fingerprint density at radius 2 is 1.61 bits per heavy atom. The third-order valence-corrected chi connectivity index (χ3v) is 3.29. The van der Waals surface area contributed by atoms with Crippen LogP contribution in [0.25, 0.3) is 0 Å². The average molecular weight is 343 g/mol. The van der Waals surface area contributed by atoms with Gasteiger partial charge in [-0.15, -0.1) is 0 Å². The maximum Gasteiger partial charge on any atom is 0.0655 e. The quantitative estimate of drug-likeness (QED) is 0.634. The molecule has 0 heterocycles. The molecule has 2 aromatic rings. The summed E-state index contributed by atoms with van der Waals surface area (Å²) in [6.07, 6.45) is 2.63. The van der Waals surface area contributed by atoms with Crippen LogP contribution in [0.3, 0.4) is 0 Å². The highest BCUT2D eigenvalue weighted by Gasteiger charge is 1.96. The second kappa shape index (κ2) is 6.37. The first-order chi connectivity index (χ1) is 8.63. The van der Waals surface area contributed by atoms with Gasteiger partial charge in [0.25, 0.3) is 0 Å². The predicted octanol–water partition coefficient (Wildman–Crippen LogP) is 5.70. The second-order valence-electron chi connectivity index (χ2n) is 3.77. The number of rotatable bonds is 3. The van der Waals surface area contributed by atoms with Crippen molar-refractivity contribution in [1.29, 1.82) is 0 Å². The summed E-state index contributed by atoms with van der Waals surface area (Å²) in [6, 6.07) is 13.4. The Kier molecular flexibility index (Phi) is 4.81. The lowest BCUT2D eigenvalue weighted by molar-refractivity contribution is 1.34. The maximum atomic E-state index is 5.90. The van der Waals surface area contributed by atoms with Gasteiger partial charge >= 0.3 is 0 Å². The summed E-state index contributed by atoms with van der Waals surface area (Å²) < 4.78 is 1.07. The second-order valence-corrected chi connectivity index (χ2v) is 5.56. The van der Waals surface area contributed by atoms with Gasteiger partial charge < -0.3 is 0 Å². The van der Waals surface area contributed by atoms with E-state index >= 15 is 0 Å². The molecule has 92 valence electrons. The Labute approximate surface area is 125 Å². The normalized spacial score (nSPS) is 11.1. The highest BCUT2D eigenvalue weighted by atomic mass is 79.9. The molecule has 0 aliphatic carbocycles. The lowest BCUT2D eigenvalue weighted by Gasteiger charge is -1.98. The minimum atomic E-state index is 0.596. The molecule has 0 fully saturated rings. The van der Waals surface area contributed by atoms with Crippen molar-refractivity contribution >= 4 is 51.0 Å². The van der Waals surface area contributed by atoms with Gasteiger partial charge in [-0.1, -0.05) is 51.3 Å². The molecule has 0 atom stereocenters. The molecule has 0 amide bonds. The summed E-state index contributed by atoms with van der Waals surface area (Å²) in [6.45, 7) is 0. The largest absolute Gasteiger partial charge is 0.261 e. The molecule has 0 aliphatic heterocycles. The first kappa shape index (κ1) is 13.6. The van der Waals surface area contributed by atoms with E-state index in [2.05, 4.69) is 33.1 Å². The minimum Gasteiger partial charge on any atom is -0.261 e. The van der Waals surface area contributed by atoms with Crippen LogP contribution >= 0.6 is 39.1 Å². The van der Waals surface area contributed by atoms with Gasteiger partial charge in [-0.3, -0.25) is 4.99 Å². The zero-order valence-electron chi connectivity index (χ0n) is 9.41. The van der Waals surface area contributed by atoms with Gasteiger partial charge in [0.15, 0.2) is 0 Å². The van der Waals surface area contributed by atoms with Gasteiger partial charge in [0.05, 0.1) is 5.69 Å².